The van der Waals surface area contributed by atoms with Gasteiger partial charge >= 0.3 is 0 Å². The number of nitrogens with one attached hydrogen (secondary N) is 3. The van der Waals surface area contributed by atoms with Gasteiger partial charge in [0.05, 0.1) is 23.0 Å². The highest BCUT2D eigenvalue weighted by Crippen LogP contribution is 2.26. The van der Waals surface area contributed by atoms with Crippen molar-refractivity contribution in [3.05, 3.63) is 72.3 Å². The summed E-state index contributed by atoms with van der Waals surface area (Å²) in [6.45, 7) is 1.90. The van der Waals surface area contributed by atoms with Gasteiger partial charge in [0.15, 0.2) is 5.82 Å². The Kier molecular flexibility index (Phi) is 4.03. The number of amides is 1. The van der Waals surface area contributed by atoms with Crippen LogP contribution in [0.5, 0.6) is 0 Å². The molecule has 0 aliphatic rings. The van der Waals surface area contributed by atoms with Crippen LogP contribution in [0.2, 0.25) is 0 Å². The molecule has 1 aromatic carbocycles. The van der Waals surface area contributed by atoms with Gasteiger partial charge in [-0.2, -0.15) is 5.10 Å². The molecule has 0 atom stereocenters. The summed E-state index contributed by atoms with van der Waals surface area (Å²) in [4.78, 5) is 20.9. The lowest BCUT2D eigenvalue weighted by molar-refractivity contribution is 0.102. The zero-order valence-electron chi connectivity index (χ0n) is 14.0. The van der Waals surface area contributed by atoms with E-state index in [2.05, 4.69) is 30.8 Å². The summed E-state index contributed by atoms with van der Waals surface area (Å²) in [7, 11) is 0. The summed E-state index contributed by atoms with van der Waals surface area (Å²) in [5.41, 5.74) is 3.73. The van der Waals surface area contributed by atoms with Crippen LogP contribution in [0.25, 0.3) is 10.9 Å². The van der Waals surface area contributed by atoms with Gasteiger partial charge in [-0.05, 0) is 49.4 Å². The minimum Gasteiger partial charge on any atom is -0.338 e. The van der Waals surface area contributed by atoms with Gasteiger partial charge in [-0.1, -0.05) is 0 Å². The highest BCUT2D eigenvalue weighted by Gasteiger charge is 2.11. The van der Waals surface area contributed by atoms with Crippen LogP contribution in [0.15, 0.2) is 61.1 Å². The fourth-order valence-corrected chi connectivity index (χ4v) is 2.60. The number of carbonyl (C=O) groups is 1. The molecule has 3 N–H and O–H groups in total. The second kappa shape index (κ2) is 6.64. The maximum absolute atomic E-state index is 12.4. The van der Waals surface area contributed by atoms with Crippen LogP contribution in [0.4, 0.5) is 17.2 Å². The van der Waals surface area contributed by atoms with E-state index in [0.29, 0.717) is 17.1 Å². The molecule has 7 nitrogen and oxygen atoms in total. The number of hydrogen-bond donors (Lipinski definition) is 3. The zero-order valence-corrected chi connectivity index (χ0v) is 14.0. The third-order valence-electron chi connectivity index (χ3n) is 3.91. The monoisotopic (exact) mass is 344 g/mol. The quantitative estimate of drug-likeness (QED) is 0.525. The average Bonchev–Trinajstić information content (AvgIpc) is 3.12. The van der Waals surface area contributed by atoms with E-state index < -0.39 is 0 Å². The number of hydrogen-bond acceptors (Lipinski definition) is 5. The lowest BCUT2D eigenvalue weighted by Crippen LogP contribution is -2.14. The van der Waals surface area contributed by atoms with E-state index in [1.54, 1.807) is 24.5 Å². The van der Waals surface area contributed by atoms with Gasteiger partial charge in [-0.3, -0.25) is 14.9 Å². The fourth-order valence-electron chi connectivity index (χ4n) is 2.60. The Balaban J connectivity index is 1.63. The highest BCUT2D eigenvalue weighted by atomic mass is 16.1. The number of aromatic nitrogens is 4. The standard InChI is InChI=1S/C19H16N6O/c1-12-4-6-17(24-19(26)13-3-2-8-20-10-13)18(22-12)23-15-5-7-16-14(9-15)11-21-25-16/h2-11H,1H3,(H,21,25)(H,22,23)(H,24,26). The Bertz CT molecular complexity index is 1070. The molecule has 7 heteroatoms. The minimum absolute atomic E-state index is 0.239. The van der Waals surface area contributed by atoms with Crippen molar-refractivity contribution < 1.29 is 4.79 Å². The van der Waals surface area contributed by atoms with Crippen molar-refractivity contribution in [2.24, 2.45) is 0 Å². The number of nitrogens with zero attached hydrogens (tertiary/aromatic N) is 3. The van der Waals surface area contributed by atoms with Gasteiger partial charge in [0.1, 0.15) is 0 Å². The Morgan fingerprint density at radius 1 is 1.12 bits per heavy atom. The molecule has 4 aromatic rings. The molecule has 0 aliphatic heterocycles. The van der Waals surface area contributed by atoms with Crippen LogP contribution in [-0.4, -0.2) is 26.1 Å². The van der Waals surface area contributed by atoms with E-state index in [0.717, 1.165) is 22.3 Å². The number of aromatic amines is 1. The Hall–Kier alpha value is -3.74. The van der Waals surface area contributed by atoms with Gasteiger partial charge in [-0.15, -0.1) is 0 Å². The van der Waals surface area contributed by atoms with Crippen LogP contribution >= 0.6 is 0 Å². The van der Waals surface area contributed by atoms with Crippen LogP contribution in [0.3, 0.4) is 0 Å². The molecular weight excluding hydrogens is 328 g/mol. The van der Waals surface area contributed by atoms with Crippen molar-refractivity contribution >= 4 is 34.0 Å². The first kappa shape index (κ1) is 15.8. The van der Waals surface area contributed by atoms with Gasteiger partial charge in [0.2, 0.25) is 0 Å². The third-order valence-corrected chi connectivity index (χ3v) is 3.91. The van der Waals surface area contributed by atoms with Crippen LogP contribution in [0, 0.1) is 6.92 Å². The first-order valence-electron chi connectivity index (χ1n) is 8.08. The summed E-state index contributed by atoms with van der Waals surface area (Å²) in [5.74, 6) is 0.335. The number of fused-ring (bicyclic) bond motifs is 1. The summed E-state index contributed by atoms with van der Waals surface area (Å²) in [5, 5.41) is 14.1. The van der Waals surface area contributed by atoms with E-state index in [4.69, 9.17) is 0 Å². The molecule has 0 radical (unpaired) electrons. The molecule has 0 saturated heterocycles. The van der Waals surface area contributed by atoms with Crippen molar-refractivity contribution in [1.29, 1.82) is 0 Å². The van der Waals surface area contributed by atoms with Gasteiger partial charge in [-0.25, -0.2) is 4.98 Å². The normalized spacial score (nSPS) is 10.7. The molecule has 1 amide bonds. The molecule has 0 unspecified atom stereocenters. The lowest BCUT2D eigenvalue weighted by Gasteiger charge is -2.13. The van der Waals surface area contributed by atoms with Gasteiger partial charge in [0, 0.05) is 29.2 Å². The van der Waals surface area contributed by atoms with E-state index in [1.165, 1.54) is 6.20 Å². The lowest BCUT2D eigenvalue weighted by atomic mass is 10.2. The Labute approximate surface area is 149 Å². The first-order valence-corrected chi connectivity index (χ1v) is 8.08. The van der Waals surface area contributed by atoms with E-state index in [-0.39, 0.29) is 5.91 Å². The SMILES string of the molecule is Cc1ccc(NC(=O)c2cccnc2)c(Nc2ccc3[nH]ncc3c2)n1. The molecule has 3 heterocycles. The smallest absolute Gasteiger partial charge is 0.257 e. The average molecular weight is 344 g/mol. The molecule has 0 bridgehead atoms. The fraction of sp³-hybridized carbons (Fsp3) is 0.0526. The summed E-state index contributed by atoms with van der Waals surface area (Å²) in [6.07, 6.45) is 4.91. The van der Waals surface area contributed by atoms with Crippen molar-refractivity contribution in [2.75, 3.05) is 10.6 Å². The van der Waals surface area contributed by atoms with Crippen molar-refractivity contribution in [2.45, 2.75) is 6.92 Å². The van der Waals surface area contributed by atoms with E-state index in [1.807, 2.05) is 37.3 Å². The van der Waals surface area contributed by atoms with E-state index in [9.17, 15) is 4.79 Å². The van der Waals surface area contributed by atoms with Crippen LogP contribution in [0.1, 0.15) is 16.1 Å². The molecule has 0 saturated carbocycles. The molecule has 0 fully saturated rings. The maximum Gasteiger partial charge on any atom is 0.257 e. The summed E-state index contributed by atoms with van der Waals surface area (Å²) < 4.78 is 0. The number of carbonyl (C=O) groups excluding carboxylic acids is 1. The summed E-state index contributed by atoms with van der Waals surface area (Å²) in [6, 6.07) is 12.9. The van der Waals surface area contributed by atoms with Crippen molar-refractivity contribution in [3.8, 4) is 0 Å². The molecular formula is C19H16N6O. The van der Waals surface area contributed by atoms with Crippen molar-refractivity contribution in [3.63, 3.8) is 0 Å². The predicted molar refractivity (Wildman–Crippen MR) is 101 cm³/mol. The molecule has 0 aliphatic carbocycles. The molecule has 4 rings (SSSR count). The Morgan fingerprint density at radius 3 is 2.88 bits per heavy atom. The van der Waals surface area contributed by atoms with Crippen molar-refractivity contribution in [1.82, 2.24) is 20.2 Å². The molecule has 128 valence electrons. The number of H-pyrrole nitrogens is 1. The second-order valence-electron chi connectivity index (χ2n) is 5.84. The number of rotatable bonds is 4. The molecule has 3 aromatic heterocycles. The maximum atomic E-state index is 12.4. The second-order valence-corrected chi connectivity index (χ2v) is 5.84. The third kappa shape index (κ3) is 3.23. The first-order chi connectivity index (χ1) is 12.7. The number of aryl methyl sites for hydroxylation is 1. The zero-order chi connectivity index (χ0) is 17.9. The van der Waals surface area contributed by atoms with Crippen LogP contribution in [-0.2, 0) is 0 Å². The largest absolute Gasteiger partial charge is 0.338 e. The molecule has 26 heavy (non-hydrogen) atoms. The minimum atomic E-state index is -0.239. The van der Waals surface area contributed by atoms with E-state index >= 15 is 0 Å². The van der Waals surface area contributed by atoms with Gasteiger partial charge in [0.25, 0.3) is 5.91 Å². The topological polar surface area (TPSA) is 95.6 Å². The van der Waals surface area contributed by atoms with Gasteiger partial charge < -0.3 is 10.6 Å². The van der Waals surface area contributed by atoms with Crippen LogP contribution < -0.4 is 10.6 Å². The number of anilines is 3. The predicted octanol–water partition coefficient (Wildman–Crippen LogP) is 3.66. The number of benzene rings is 1. The summed E-state index contributed by atoms with van der Waals surface area (Å²) >= 11 is 0. The Morgan fingerprint density at radius 2 is 2.04 bits per heavy atom. The number of pyridine rings is 2. The molecule has 0 spiro atoms. The highest BCUT2D eigenvalue weighted by molar-refractivity contribution is 6.05.